The fourth-order valence-electron chi connectivity index (χ4n) is 4.48. The summed E-state index contributed by atoms with van der Waals surface area (Å²) in [6, 6.07) is 14.1. The van der Waals surface area contributed by atoms with E-state index in [-0.39, 0.29) is 5.91 Å². The summed E-state index contributed by atoms with van der Waals surface area (Å²) >= 11 is 0. The van der Waals surface area contributed by atoms with Crippen LogP contribution in [0.4, 0.5) is 0 Å². The molecule has 4 aromatic rings. The predicted octanol–water partition coefficient (Wildman–Crippen LogP) is 4.11. The molecule has 6 heteroatoms. The highest BCUT2D eigenvalue weighted by molar-refractivity contribution is 5.88. The van der Waals surface area contributed by atoms with Gasteiger partial charge < -0.3 is 23.9 Å². The van der Waals surface area contributed by atoms with Gasteiger partial charge in [-0.3, -0.25) is 4.79 Å². The molecule has 5 rings (SSSR count). The molecule has 1 N–H and O–H groups in total. The Morgan fingerprint density at radius 3 is 2.83 bits per heavy atom. The number of carbonyl (C=O) groups excluding carboxylic acids is 1. The molecule has 1 aliphatic heterocycles. The molecule has 0 saturated heterocycles. The minimum Gasteiger partial charge on any atom is -0.497 e. The molecule has 2 aromatic heterocycles. The number of hydrogen-bond acceptors (Lipinski definition) is 3. The summed E-state index contributed by atoms with van der Waals surface area (Å²) in [6.07, 6.45) is 3.35. The van der Waals surface area contributed by atoms with Gasteiger partial charge in [0, 0.05) is 66.2 Å². The number of rotatable bonds is 5. The SMILES string of the molecule is COc1ccc2[nH]c3c(c2c1)CN(C(=O)CCn1ccc2c(OC)cccc21)CC3. The van der Waals surface area contributed by atoms with Crippen LogP contribution in [0.25, 0.3) is 21.8 Å². The van der Waals surface area contributed by atoms with Gasteiger partial charge in [-0.05, 0) is 36.4 Å². The summed E-state index contributed by atoms with van der Waals surface area (Å²) in [5.41, 5.74) is 4.63. The zero-order valence-electron chi connectivity index (χ0n) is 17.3. The number of fused-ring (bicyclic) bond motifs is 4. The van der Waals surface area contributed by atoms with Gasteiger partial charge in [-0.15, -0.1) is 0 Å². The third-order valence-corrected chi connectivity index (χ3v) is 6.10. The number of carbonyl (C=O) groups is 1. The van der Waals surface area contributed by atoms with Crippen molar-refractivity contribution in [2.75, 3.05) is 20.8 Å². The molecule has 0 bridgehead atoms. The summed E-state index contributed by atoms with van der Waals surface area (Å²) in [5, 5.41) is 2.22. The van der Waals surface area contributed by atoms with E-state index >= 15 is 0 Å². The van der Waals surface area contributed by atoms with Crippen LogP contribution < -0.4 is 9.47 Å². The van der Waals surface area contributed by atoms with Crippen molar-refractivity contribution in [3.63, 3.8) is 0 Å². The van der Waals surface area contributed by atoms with Crippen molar-refractivity contribution >= 4 is 27.7 Å². The van der Waals surface area contributed by atoms with E-state index < -0.39 is 0 Å². The zero-order valence-corrected chi connectivity index (χ0v) is 17.3. The quantitative estimate of drug-likeness (QED) is 0.545. The number of aromatic nitrogens is 2. The van der Waals surface area contributed by atoms with Gasteiger partial charge in [0.2, 0.25) is 5.91 Å². The number of aryl methyl sites for hydroxylation is 1. The number of methoxy groups -OCH3 is 2. The van der Waals surface area contributed by atoms with Gasteiger partial charge in [0.05, 0.1) is 19.7 Å². The van der Waals surface area contributed by atoms with Crippen LogP contribution in [0.2, 0.25) is 0 Å². The van der Waals surface area contributed by atoms with E-state index in [1.54, 1.807) is 14.2 Å². The van der Waals surface area contributed by atoms with Crippen molar-refractivity contribution in [1.82, 2.24) is 14.5 Å². The molecule has 1 aliphatic rings. The van der Waals surface area contributed by atoms with Crippen LogP contribution in [0, 0.1) is 0 Å². The lowest BCUT2D eigenvalue weighted by Gasteiger charge is -2.27. The Kier molecular flexibility index (Phi) is 4.62. The van der Waals surface area contributed by atoms with E-state index in [1.807, 2.05) is 41.4 Å². The van der Waals surface area contributed by atoms with Crippen LogP contribution >= 0.6 is 0 Å². The van der Waals surface area contributed by atoms with E-state index in [4.69, 9.17) is 9.47 Å². The molecule has 0 spiro atoms. The fourth-order valence-corrected chi connectivity index (χ4v) is 4.48. The molecule has 6 nitrogen and oxygen atoms in total. The molecule has 154 valence electrons. The highest BCUT2D eigenvalue weighted by atomic mass is 16.5. The van der Waals surface area contributed by atoms with Gasteiger partial charge in [-0.2, -0.15) is 0 Å². The maximum absolute atomic E-state index is 13.0. The molecule has 1 amide bonds. The summed E-state index contributed by atoms with van der Waals surface area (Å²) in [5.74, 6) is 1.88. The van der Waals surface area contributed by atoms with Gasteiger partial charge in [0.15, 0.2) is 0 Å². The second-order valence-electron chi connectivity index (χ2n) is 7.71. The normalized spacial score (nSPS) is 13.6. The lowest BCUT2D eigenvalue weighted by molar-refractivity contribution is -0.132. The van der Waals surface area contributed by atoms with Gasteiger partial charge >= 0.3 is 0 Å². The van der Waals surface area contributed by atoms with E-state index in [9.17, 15) is 4.79 Å². The Balaban J connectivity index is 1.32. The zero-order chi connectivity index (χ0) is 20.7. The molecule has 3 heterocycles. The molecule has 0 fully saturated rings. The number of H-pyrrole nitrogens is 1. The maximum Gasteiger partial charge on any atom is 0.224 e. The average Bonchev–Trinajstić information content (AvgIpc) is 3.37. The number of nitrogens with one attached hydrogen (secondary N) is 1. The molecular weight excluding hydrogens is 378 g/mol. The number of amides is 1. The van der Waals surface area contributed by atoms with Crippen LogP contribution in [0.3, 0.4) is 0 Å². The van der Waals surface area contributed by atoms with Crippen molar-refractivity contribution in [3.8, 4) is 11.5 Å². The second-order valence-corrected chi connectivity index (χ2v) is 7.71. The van der Waals surface area contributed by atoms with Crippen molar-refractivity contribution in [3.05, 3.63) is 59.9 Å². The third-order valence-electron chi connectivity index (χ3n) is 6.10. The molecule has 0 radical (unpaired) electrons. The highest BCUT2D eigenvalue weighted by Gasteiger charge is 2.24. The first kappa shape index (κ1) is 18.6. The molecule has 0 atom stereocenters. The topological polar surface area (TPSA) is 59.5 Å². The average molecular weight is 403 g/mol. The predicted molar refractivity (Wildman–Crippen MR) is 117 cm³/mol. The number of ether oxygens (including phenoxy) is 2. The van der Waals surface area contributed by atoms with Crippen molar-refractivity contribution in [2.45, 2.75) is 25.9 Å². The summed E-state index contributed by atoms with van der Waals surface area (Å²) < 4.78 is 12.9. The van der Waals surface area contributed by atoms with Crippen molar-refractivity contribution < 1.29 is 14.3 Å². The standard InChI is InChI=1S/C24H25N3O3/c1-29-16-6-7-20-18(14-16)19-15-27(12-9-21(19)25-20)24(28)10-13-26-11-8-17-22(26)4-3-5-23(17)30-2/h3-8,11,14,25H,9-10,12-13,15H2,1-2H3. The van der Waals surface area contributed by atoms with Gasteiger partial charge in [0.1, 0.15) is 11.5 Å². The molecule has 30 heavy (non-hydrogen) atoms. The Bertz CT molecular complexity index is 1240. The Hall–Kier alpha value is -3.41. The van der Waals surface area contributed by atoms with Crippen LogP contribution in [0.5, 0.6) is 11.5 Å². The molecule has 0 aliphatic carbocycles. The Morgan fingerprint density at radius 1 is 1.10 bits per heavy atom. The number of hydrogen-bond donors (Lipinski definition) is 1. The van der Waals surface area contributed by atoms with E-state index in [0.29, 0.717) is 19.5 Å². The first-order valence-corrected chi connectivity index (χ1v) is 10.2. The van der Waals surface area contributed by atoms with E-state index in [2.05, 4.69) is 21.7 Å². The van der Waals surface area contributed by atoms with E-state index in [1.165, 1.54) is 11.3 Å². The summed E-state index contributed by atoms with van der Waals surface area (Å²) in [6.45, 7) is 2.04. The minimum atomic E-state index is 0.183. The first-order chi connectivity index (χ1) is 14.7. The Morgan fingerprint density at radius 2 is 2.00 bits per heavy atom. The minimum absolute atomic E-state index is 0.183. The number of nitrogens with zero attached hydrogens (tertiary/aromatic N) is 2. The monoisotopic (exact) mass is 403 g/mol. The van der Waals surface area contributed by atoms with Crippen molar-refractivity contribution in [1.29, 1.82) is 0 Å². The maximum atomic E-state index is 13.0. The first-order valence-electron chi connectivity index (χ1n) is 10.2. The third kappa shape index (κ3) is 3.09. The van der Waals surface area contributed by atoms with Crippen LogP contribution in [-0.2, 0) is 24.3 Å². The van der Waals surface area contributed by atoms with Crippen LogP contribution in [0.15, 0.2) is 48.7 Å². The molecular formula is C24H25N3O3. The molecule has 0 unspecified atom stereocenters. The van der Waals surface area contributed by atoms with Crippen molar-refractivity contribution in [2.24, 2.45) is 0 Å². The summed E-state index contributed by atoms with van der Waals surface area (Å²) in [7, 11) is 3.36. The van der Waals surface area contributed by atoms with Gasteiger partial charge in [-0.25, -0.2) is 0 Å². The summed E-state index contributed by atoms with van der Waals surface area (Å²) in [4.78, 5) is 18.5. The molecule has 0 saturated carbocycles. The number of aromatic amines is 1. The van der Waals surface area contributed by atoms with Gasteiger partial charge in [0.25, 0.3) is 0 Å². The van der Waals surface area contributed by atoms with Crippen LogP contribution in [0.1, 0.15) is 17.7 Å². The lowest BCUT2D eigenvalue weighted by atomic mass is 10.0. The molecule has 2 aromatic carbocycles. The van der Waals surface area contributed by atoms with E-state index in [0.717, 1.165) is 46.3 Å². The number of benzene rings is 2. The smallest absolute Gasteiger partial charge is 0.224 e. The van der Waals surface area contributed by atoms with Gasteiger partial charge in [-0.1, -0.05) is 6.07 Å². The Labute approximate surface area is 175 Å². The lowest BCUT2D eigenvalue weighted by Crippen LogP contribution is -2.36. The highest BCUT2D eigenvalue weighted by Crippen LogP contribution is 2.31. The fraction of sp³-hybridized carbons (Fsp3) is 0.292. The largest absolute Gasteiger partial charge is 0.497 e. The second kappa shape index (κ2) is 7.44. The van der Waals surface area contributed by atoms with Crippen LogP contribution in [-0.4, -0.2) is 41.1 Å².